The van der Waals surface area contributed by atoms with Crippen molar-refractivity contribution in [3.63, 3.8) is 0 Å². The second-order valence-corrected chi connectivity index (χ2v) is 5.33. The fourth-order valence-corrected chi connectivity index (χ4v) is 1.62. The van der Waals surface area contributed by atoms with Gasteiger partial charge in [0.15, 0.2) is 0 Å². The summed E-state index contributed by atoms with van der Waals surface area (Å²) in [6, 6.07) is 4.39. The lowest BCUT2D eigenvalue weighted by atomic mass is 9.88. The van der Waals surface area contributed by atoms with Crippen molar-refractivity contribution in [3.8, 4) is 5.75 Å². The van der Waals surface area contributed by atoms with Crippen LogP contribution in [0.5, 0.6) is 5.75 Å². The Morgan fingerprint density at radius 3 is 2.61 bits per heavy atom. The molecule has 0 aliphatic rings. The first-order valence-electron chi connectivity index (χ1n) is 5.81. The van der Waals surface area contributed by atoms with Gasteiger partial charge in [0.1, 0.15) is 5.75 Å². The number of aromatic hydroxyl groups is 1. The van der Waals surface area contributed by atoms with Gasteiger partial charge in [-0.05, 0) is 31.0 Å². The summed E-state index contributed by atoms with van der Waals surface area (Å²) in [5, 5.41) is 12.9. The number of phenols is 1. The van der Waals surface area contributed by atoms with Crippen molar-refractivity contribution in [2.24, 2.45) is 11.7 Å². The highest BCUT2D eigenvalue weighted by Gasteiger charge is 2.29. The fourth-order valence-electron chi connectivity index (χ4n) is 1.45. The quantitative estimate of drug-likeness (QED) is 0.785. The van der Waals surface area contributed by atoms with E-state index in [2.05, 4.69) is 5.32 Å². The highest BCUT2D eigenvalue weighted by molar-refractivity contribution is 6.30. The summed E-state index contributed by atoms with van der Waals surface area (Å²) < 4.78 is 0. The van der Waals surface area contributed by atoms with Crippen LogP contribution < -0.4 is 11.1 Å². The van der Waals surface area contributed by atoms with Gasteiger partial charge in [-0.1, -0.05) is 25.4 Å². The summed E-state index contributed by atoms with van der Waals surface area (Å²) in [5.41, 5.74) is 5.38. The number of halogens is 1. The molecule has 18 heavy (non-hydrogen) atoms. The Bertz CT molecular complexity index is 449. The highest BCUT2D eigenvalue weighted by Crippen LogP contribution is 2.23. The van der Waals surface area contributed by atoms with E-state index in [0.717, 1.165) is 0 Å². The van der Waals surface area contributed by atoms with Crippen LogP contribution in [0.1, 0.15) is 31.1 Å². The molecular formula is C13H19ClN2O2. The first kappa shape index (κ1) is 14.8. The van der Waals surface area contributed by atoms with Crippen LogP contribution in [0, 0.1) is 5.92 Å². The Kier molecular flexibility index (Phi) is 4.59. The molecule has 4 N–H and O–H groups in total. The summed E-state index contributed by atoms with van der Waals surface area (Å²) in [5.74, 6) is -0.310. The van der Waals surface area contributed by atoms with E-state index in [0.29, 0.717) is 11.6 Å². The molecule has 1 unspecified atom stereocenters. The summed E-state index contributed by atoms with van der Waals surface area (Å²) in [6.45, 7) is 6.16. The van der Waals surface area contributed by atoms with Crippen LogP contribution in [0.2, 0.25) is 5.02 Å². The van der Waals surface area contributed by atoms with Gasteiger partial charge in [-0.3, -0.25) is 4.79 Å². The lowest BCUT2D eigenvalue weighted by molar-refractivity contribution is 0.0880. The number of nitrogens with one attached hydrogen (secondary N) is 1. The molecule has 0 bridgehead atoms. The number of hydrogen-bond acceptors (Lipinski definition) is 3. The van der Waals surface area contributed by atoms with Crippen molar-refractivity contribution in [2.75, 3.05) is 6.54 Å². The molecule has 100 valence electrons. The van der Waals surface area contributed by atoms with E-state index >= 15 is 0 Å². The van der Waals surface area contributed by atoms with E-state index in [9.17, 15) is 9.90 Å². The second kappa shape index (κ2) is 5.59. The van der Waals surface area contributed by atoms with Crippen molar-refractivity contribution in [1.29, 1.82) is 0 Å². The molecule has 0 fully saturated rings. The van der Waals surface area contributed by atoms with Crippen LogP contribution in [0.25, 0.3) is 0 Å². The molecule has 1 atom stereocenters. The minimum atomic E-state index is -0.511. The number of carbonyl (C=O) groups excluding carboxylic acids is 1. The van der Waals surface area contributed by atoms with Crippen molar-refractivity contribution in [3.05, 3.63) is 28.8 Å². The van der Waals surface area contributed by atoms with Gasteiger partial charge in [-0.15, -0.1) is 0 Å². The fraction of sp³-hybridized carbons (Fsp3) is 0.462. The molecule has 0 aliphatic heterocycles. The summed E-state index contributed by atoms with van der Waals surface area (Å²) in [4.78, 5) is 12.1. The molecule has 0 aromatic heterocycles. The molecule has 0 radical (unpaired) electrons. The van der Waals surface area contributed by atoms with E-state index in [1.54, 1.807) is 6.07 Å². The Hall–Kier alpha value is -1.26. The zero-order valence-electron chi connectivity index (χ0n) is 10.8. The summed E-state index contributed by atoms with van der Waals surface area (Å²) >= 11 is 5.72. The summed E-state index contributed by atoms with van der Waals surface area (Å²) in [7, 11) is 0. The SMILES string of the molecule is CC(C)C(C)(CN)NC(=O)c1ccc(Cl)cc1O. The van der Waals surface area contributed by atoms with Gasteiger partial charge in [0.05, 0.1) is 11.1 Å². The zero-order chi connectivity index (χ0) is 13.9. The third-order valence-corrected chi connectivity index (χ3v) is 3.54. The largest absolute Gasteiger partial charge is 0.507 e. The van der Waals surface area contributed by atoms with Crippen LogP contribution in [0.15, 0.2) is 18.2 Å². The number of hydrogen-bond donors (Lipinski definition) is 3. The Morgan fingerprint density at radius 1 is 1.56 bits per heavy atom. The van der Waals surface area contributed by atoms with Crippen molar-refractivity contribution in [2.45, 2.75) is 26.3 Å². The molecule has 1 aromatic carbocycles. The normalized spacial score (nSPS) is 14.3. The minimum Gasteiger partial charge on any atom is -0.507 e. The van der Waals surface area contributed by atoms with Crippen LogP contribution in [-0.2, 0) is 0 Å². The highest BCUT2D eigenvalue weighted by atomic mass is 35.5. The maximum atomic E-state index is 12.1. The molecule has 0 saturated carbocycles. The predicted molar refractivity (Wildman–Crippen MR) is 72.9 cm³/mol. The third-order valence-electron chi connectivity index (χ3n) is 3.30. The summed E-state index contributed by atoms with van der Waals surface area (Å²) in [6.07, 6.45) is 0. The topological polar surface area (TPSA) is 75.3 Å². The molecule has 4 nitrogen and oxygen atoms in total. The van der Waals surface area contributed by atoms with E-state index in [4.69, 9.17) is 17.3 Å². The van der Waals surface area contributed by atoms with Crippen LogP contribution in [0.3, 0.4) is 0 Å². The van der Waals surface area contributed by atoms with Crippen LogP contribution in [-0.4, -0.2) is 23.1 Å². The van der Waals surface area contributed by atoms with Gasteiger partial charge in [0.2, 0.25) is 0 Å². The Morgan fingerprint density at radius 2 is 2.17 bits per heavy atom. The molecule has 1 rings (SSSR count). The minimum absolute atomic E-state index is 0.136. The molecule has 0 heterocycles. The average molecular weight is 271 g/mol. The molecule has 0 saturated heterocycles. The molecule has 1 amide bonds. The van der Waals surface area contributed by atoms with Crippen LogP contribution >= 0.6 is 11.6 Å². The molecule has 0 aliphatic carbocycles. The van der Waals surface area contributed by atoms with Crippen molar-refractivity contribution >= 4 is 17.5 Å². The Labute approximate surface area is 112 Å². The molecule has 1 aromatic rings. The zero-order valence-corrected chi connectivity index (χ0v) is 11.6. The van der Waals surface area contributed by atoms with Crippen molar-refractivity contribution < 1.29 is 9.90 Å². The van der Waals surface area contributed by atoms with E-state index in [1.807, 2.05) is 20.8 Å². The monoisotopic (exact) mass is 270 g/mol. The number of phenolic OH excluding ortho intramolecular Hbond substituents is 1. The molecule has 5 heteroatoms. The maximum Gasteiger partial charge on any atom is 0.255 e. The number of rotatable bonds is 4. The smallest absolute Gasteiger partial charge is 0.255 e. The average Bonchev–Trinajstić information content (AvgIpc) is 2.28. The standard InChI is InChI=1S/C13H19ClN2O2/c1-8(2)13(3,7-15)16-12(18)10-5-4-9(14)6-11(10)17/h4-6,8,17H,7,15H2,1-3H3,(H,16,18). The van der Waals surface area contributed by atoms with Gasteiger partial charge in [-0.2, -0.15) is 0 Å². The molecular weight excluding hydrogens is 252 g/mol. The van der Waals surface area contributed by atoms with Gasteiger partial charge in [0, 0.05) is 11.6 Å². The van der Waals surface area contributed by atoms with E-state index in [1.165, 1.54) is 12.1 Å². The van der Waals surface area contributed by atoms with Gasteiger partial charge in [-0.25, -0.2) is 0 Å². The molecule has 0 spiro atoms. The van der Waals surface area contributed by atoms with Gasteiger partial charge < -0.3 is 16.2 Å². The van der Waals surface area contributed by atoms with Gasteiger partial charge >= 0.3 is 0 Å². The first-order chi connectivity index (χ1) is 8.30. The number of nitrogens with two attached hydrogens (primary N) is 1. The van der Waals surface area contributed by atoms with Gasteiger partial charge in [0.25, 0.3) is 5.91 Å². The number of carbonyl (C=O) groups is 1. The van der Waals surface area contributed by atoms with Crippen LogP contribution in [0.4, 0.5) is 0 Å². The lowest BCUT2D eigenvalue weighted by Gasteiger charge is -2.33. The lowest BCUT2D eigenvalue weighted by Crippen LogP contribution is -2.55. The Balaban J connectivity index is 2.95. The third kappa shape index (κ3) is 3.15. The first-order valence-corrected chi connectivity index (χ1v) is 6.19. The number of benzene rings is 1. The number of amides is 1. The van der Waals surface area contributed by atoms with Crippen molar-refractivity contribution in [1.82, 2.24) is 5.32 Å². The second-order valence-electron chi connectivity index (χ2n) is 4.89. The predicted octanol–water partition coefficient (Wildman–Crippen LogP) is 2.15. The van der Waals surface area contributed by atoms with E-state index in [-0.39, 0.29) is 23.1 Å². The van der Waals surface area contributed by atoms with E-state index < -0.39 is 5.54 Å². The maximum absolute atomic E-state index is 12.1.